The fourth-order valence-electron chi connectivity index (χ4n) is 0.157. The number of carbonyl (C=O) groups is 1. The Morgan fingerprint density at radius 2 is 2.10 bits per heavy atom. The van der Waals surface area contributed by atoms with Gasteiger partial charge in [-0.15, -0.1) is 0 Å². The van der Waals surface area contributed by atoms with E-state index in [0.717, 1.165) is 6.92 Å². The Balaban J connectivity index is -0.000000320. The Labute approximate surface area is 82.3 Å². The standard InChI is InChI=1S/C3H6O5S.Na.H/c1-3(4)8-2-9(5,6)7;;/h2H2,1H3,(H,5,6,7);;/q;+1;-1. The fourth-order valence-corrected chi connectivity index (χ4v) is 0.472. The van der Waals surface area contributed by atoms with Gasteiger partial charge >= 0.3 is 45.6 Å². The van der Waals surface area contributed by atoms with Crippen LogP contribution in [-0.2, 0) is 19.6 Å². The molecule has 1 N–H and O–H groups in total. The van der Waals surface area contributed by atoms with E-state index in [1.165, 1.54) is 0 Å². The van der Waals surface area contributed by atoms with Crippen molar-refractivity contribution in [2.24, 2.45) is 0 Å². The van der Waals surface area contributed by atoms with Crippen LogP contribution in [0.5, 0.6) is 0 Å². The second kappa shape index (κ2) is 5.09. The first-order chi connectivity index (χ1) is 3.92. The molecule has 5 nitrogen and oxygen atoms in total. The molecule has 0 heterocycles. The van der Waals surface area contributed by atoms with Crippen LogP contribution in [0.15, 0.2) is 0 Å². The minimum absolute atomic E-state index is 0. The molecule has 0 saturated carbocycles. The summed E-state index contributed by atoms with van der Waals surface area (Å²) >= 11 is 0. The Kier molecular flexibility index (Phi) is 6.61. The van der Waals surface area contributed by atoms with E-state index in [1.807, 2.05) is 0 Å². The molecular weight excluding hydrogens is 171 g/mol. The molecule has 0 radical (unpaired) electrons. The van der Waals surface area contributed by atoms with Crippen molar-refractivity contribution in [1.29, 1.82) is 0 Å². The van der Waals surface area contributed by atoms with Gasteiger partial charge in [0.25, 0.3) is 0 Å². The summed E-state index contributed by atoms with van der Waals surface area (Å²) in [4.78, 5) is 9.89. The minimum atomic E-state index is -4.16. The molecule has 0 aliphatic rings. The molecule has 10 heavy (non-hydrogen) atoms. The van der Waals surface area contributed by atoms with Gasteiger partial charge in [-0.2, -0.15) is 8.42 Å². The van der Waals surface area contributed by atoms with Crippen molar-refractivity contribution in [2.75, 3.05) is 5.94 Å². The zero-order valence-electron chi connectivity index (χ0n) is 6.70. The van der Waals surface area contributed by atoms with Crippen molar-refractivity contribution in [3.63, 3.8) is 0 Å². The molecule has 0 aromatic carbocycles. The van der Waals surface area contributed by atoms with Gasteiger partial charge in [-0.25, -0.2) is 0 Å². The van der Waals surface area contributed by atoms with E-state index in [1.54, 1.807) is 0 Å². The summed E-state index contributed by atoms with van der Waals surface area (Å²) in [6.07, 6.45) is 0. The molecule has 0 saturated heterocycles. The molecule has 0 aromatic heterocycles. The maximum absolute atomic E-state index is 9.89. The van der Waals surface area contributed by atoms with Gasteiger partial charge in [0.2, 0.25) is 5.94 Å². The molecule has 0 aromatic rings. The zero-order valence-corrected chi connectivity index (χ0v) is 8.51. The molecule has 0 fully saturated rings. The smallest absolute Gasteiger partial charge is 1.00 e. The van der Waals surface area contributed by atoms with E-state index in [0.29, 0.717) is 0 Å². The summed E-state index contributed by atoms with van der Waals surface area (Å²) in [5.41, 5.74) is 0. The molecule has 0 atom stereocenters. The van der Waals surface area contributed by atoms with Crippen molar-refractivity contribution >= 4 is 16.1 Å². The number of ether oxygens (including phenoxy) is 1. The Bertz CT molecular complexity index is 200. The largest absolute Gasteiger partial charge is 1.00 e. The average Bonchev–Trinajstić information content (AvgIpc) is 1.59. The number of rotatable bonds is 2. The molecule has 0 aliphatic heterocycles. The molecular formula is C3H7NaO5S. The minimum Gasteiger partial charge on any atom is -1.00 e. The summed E-state index contributed by atoms with van der Waals surface area (Å²) in [7, 11) is -4.16. The predicted octanol–water partition coefficient (Wildman–Crippen LogP) is -3.49. The molecule has 0 bridgehead atoms. The third-order valence-electron chi connectivity index (χ3n) is 0.411. The first kappa shape index (κ1) is 13.0. The number of esters is 1. The van der Waals surface area contributed by atoms with Gasteiger partial charge in [0.15, 0.2) is 0 Å². The Morgan fingerprint density at radius 1 is 1.70 bits per heavy atom. The van der Waals surface area contributed by atoms with E-state index < -0.39 is 22.0 Å². The van der Waals surface area contributed by atoms with Crippen molar-refractivity contribution < 1.29 is 53.5 Å². The fraction of sp³-hybridized carbons (Fsp3) is 0.667. The van der Waals surface area contributed by atoms with Crippen LogP contribution in [-0.4, -0.2) is 24.9 Å². The number of carbonyl (C=O) groups excluding carboxylic acids is 1. The van der Waals surface area contributed by atoms with Crippen LogP contribution in [0, 0.1) is 0 Å². The average molecular weight is 178 g/mol. The first-order valence-corrected chi connectivity index (χ1v) is 3.61. The second-order valence-electron chi connectivity index (χ2n) is 1.34. The normalized spacial score (nSPS) is 9.80. The third-order valence-corrected chi connectivity index (χ3v) is 0.827. The quantitative estimate of drug-likeness (QED) is 0.270. The van der Waals surface area contributed by atoms with Crippen molar-refractivity contribution in [3.05, 3.63) is 0 Å². The van der Waals surface area contributed by atoms with E-state index in [4.69, 9.17) is 4.55 Å². The van der Waals surface area contributed by atoms with Gasteiger partial charge in [-0.3, -0.25) is 9.35 Å². The maximum atomic E-state index is 9.89. The summed E-state index contributed by atoms with van der Waals surface area (Å²) < 4.78 is 31.5. The number of hydrogen-bond acceptors (Lipinski definition) is 4. The van der Waals surface area contributed by atoms with Gasteiger partial charge in [-0.05, 0) is 0 Å². The maximum Gasteiger partial charge on any atom is 1.00 e. The predicted molar refractivity (Wildman–Crippen MR) is 29.3 cm³/mol. The third kappa shape index (κ3) is 11.2. The van der Waals surface area contributed by atoms with Gasteiger partial charge in [0, 0.05) is 6.92 Å². The number of hydrogen-bond donors (Lipinski definition) is 1. The van der Waals surface area contributed by atoms with Crippen LogP contribution < -0.4 is 29.6 Å². The van der Waals surface area contributed by atoms with Gasteiger partial charge in [-0.1, -0.05) is 0 Å². The molecule has 56 valence electrons. The van der Waals surface area contributed by atoms with Gasteiger partial charge in [0.05, 0.1) is 0 Å². The van der Waals surface area contributed by atoms with Gasteiger partial charge in [0.1, 0.15) is 0 Å². The molecule has 0 rings (SSSR count). The summed E-state index contributed by atoms with van der Waals surface area (Å²) in [6.45, 7) is 1.05. The first-order valence-electron chi connectivity index (χ1n) is 2.00. The summed E-state index contributed by atoms with van der Waals surface area (Å²) in [5, 5.41) is 0. The van der Waals surface area contributed by atoms with E-state index in [-0.39, 0.29) is 31.0 Å². The zero-order chi connectivity index (χ0) is 7.49. The van der Waals surface area contributed by atoms with Gasteiger partial charge < -0.3 is 6.16 Å². The van der Waals surface area contributed by atoms with E-state index in [2.05, 4.69) is 4.74 Å². The van der Waals surface area contributed by atoms with Crippen LogP contribution in [0.1, 0.15) is 8.35 Å². The molecule has 0 aliphatic carbocycles. The summed E-state index contributed by atoms with van der Waals surface area (Å²) in [5.74, 6) is -1.71. The van der Waals surface area contributed by atoms with E-state index >= 15 is 0 Å². The van der Waals surface area contributed by atoms with E-state index in [9.17, 15) is 13.2 Å². The Morgan fingerprint density at radius 3 is 2.20 bits per heavy atom. The summed E-state index contributed by atoms with van der Waals surface area (Å²) in [6, 6.07) is 0. The van der Waals surface area contributed by atoms with Crippen molar-refractivity contribution in [3.8, 4) is 0 Å². The second-order valence-corrected chi connectivity index (χ2v) is 2.74. The van der Waals surface area contributed by atoms with Crippen molar-refractivity contribution in [2.45, 2.75) is 6.92 Å². The topological polar surface area (TPSA) is 80.7 Å². The van der Waals surface area contributed by atoms with Crippen LogP contribution in [0.25, 0.3) is 0 Å². The van der Waals surface area contributed by atoms with Crippen LogP contribution in [0.3, 0.4) is 0 Å². The monoisotopic (exact) mass is 178 g/mol. The molecule has 7 heteroatoms. The molecule has 0 spiro atoms. The van der Waals surface area contributed by atoms with Crippen molar-refractivity contribution in [1.82, 2.24) is 0 Å². The molecule has 0 amide bonds. The van der Waals surface area contributed by atoms with Crippen LogP contribution >= 0.6 is 0 Å². The van der Waals surface area contributed by atoms with Crippen LogP contribution in [0.4, 0.5) is 0 Å². The Hall–Kier alpha value is 0.380. The molecule has 0 unspecified atom stereocenters. The van der Waals surface area contributed by atoms with Crippen LogP contribution in [0.2, 0.25) is 0 Å². The SMILES string of the molecule is CC(=O)OCS(=O)(=O)O.[H-].[Na+].